The molecular weight excluding hydrogens is 266 g/mol. The standard InChI is InChI=1S/C21H22N/c1-2-4-15-9-19-18(8-14(15)3-1)11-22-12-20-16-5-13(6-16)7-17(20)10-21(19)22/h8-10,12-13,16H,1-7,11H2/q+1. The van der Waals surface area contributed by atoms with Crippen LogP contribution in [0.4, 0.5) is 0 Å². The lowest BCUT2D eigenvalue weighted by molar-refractivity contribution is -0.672. The van der Waals surface area contributed by atoms with E-state index in [4.69, 9.17) is 0 Å². The summed E-state index contributed by atoms with van der Waals surface area (Å²) in [5.41, 5.74) is 11.2. The van der Waals surface area contributed by atoms with Crippen LogP contribution in [0.15, 0.2) is 24.4 Å². The summed E-state index contributed by atoms with van der Waals surface area (Å²) >= 11 is 0. The van der Waals surface area contributed by atoms with Crippen molar-refractivity contribution in [2.75, 3.05) is 0 Å². The van der Waals surface area contributed by atoms with Gasteiger partial charge in [0.15, 0.2) is 12.7 Å². The predicted molar refractivity (Wildman–Crippen MR) is 87.0 cm³/mol. The number of benzene rings is 1. The van der Waals surface area contributed by atoms with Crippen LogP contribution in [0.3, 0.4) is 0 Å². The fourth-order valence-electron chi connectivity index (χ4n) is 5.42. The zero-order valence-corrected chi connectivity index (χ0v) is 13.1. The Morgan fingerprint density at radius 3 is 2.55 bits per heavy atom. The lowest BCUT2D eigenvalue weighted by Crippen LogP contribution is -2.38. The molecule has 2 heterocycles. The van der Waals surface area contributed by atoms with Gasteiger partial charge in [-0.2, -0.15) is 4.57 Å². The van der Waals surface area contributed by atoms with Crippen molar-refractivity contribution in [1.82, 2.24) is 0 Å². The van der Waals surface area contributed by atoms with Crippen molar-refractivity contribution in [3.8, 4) is 11.3 Å². The van der Waals surface area contributed by atoms with Gasteiger partial charge >= 0.3 is 0 Å². The molecule has 0 spiro atoms. The summed E-state index contributed by atoms with van der Waals surface area (Å²) in [5, 5.41) is 0. The molecule has 0 N–H and O–H groups in total. The fourth-order valence-corrected chi connectivity index (χ4v) is 5.42. The minimum atomic E-state index is 0.878. The second kappa shape index (κ2) is 4.01. The summed E-state index contributed by atoms with van der Waals surface area (Å²) in [4.78, 5) is 0. The topological polar surface area (TPSA) is 3.88 Å². The number of aromatic nitrogens is 1. The van der Waals surface area contributed by atoms with Gasteiger partial charge in [0.1, 0.15) is 0 Å². The van der Waals surface area contributed by atoms with E-state index in [1.165, 1.54) is 56.2 Å². The van der Waals surface area contributed by atoms with Crippen LogP contribution in [-0.2, 0) is 25.8 Å². The number of hydrogen-bond donors (Lipinski definition) is 0. The zero-order valence-electron chi connectivity index (χ0n) is 13.1. The minimum Gasteiger partial charge on any atom is -0.194 e. The molecular formula is C21H22N+. The first-order valence-electron chi connectivity index (χ1n) is 9.06. The fraction of sp³-hybridized carbons (Fsp3) is 0.476. The van der Waals surface area contributed by atoms with E-state index in [1.54, 1.807) is 27.8 Å². The van der Waals surface area contributed by atoms with E-state index in [2.05, 4.69) is 29.0 Å². The lowest BCUT2D eigenvalue weighted by atomic mass is 9.63. The Morgan fingerprint density at radius 2 is 1.68 bits per heavy atom. The average Bonchev–Trinajstić information content (AvgIpc) is 2.85. The first-order valence-corrected chi connectivity index (χ1v) is 9.06. The molecule has 110 valence electrons. The summed E-state index contributed by atoms with van der Waals surface area (Å²) < 4.78 is 2.54. The average molecular weight is 288 g/mol. The van der Waals surface area contributed by atoms with Crippen LogP contribution in [0.2, 0.25) is 0 Å². The summed E-state index contributed by atoms with van der Waals surface area (Å²) in [7, 11) is 0. The molecule has 22 heavy (non-hydrogen) atoms. The van der Waals surface area contributed by atoms with Crippen LogP contribution < -0.4 is 4.57 Å². The Bertz CT molecular complexity index is 811. The SMILES string of the molecule is c1c2c(cc3c1C[n+]1cc4c(cc1-3)CC1CC4C1)CCCC2. The number of hydrogen-bond acceptors (Lipinski definition) is 0. The molecule has 2 aromatic rings. The van der Waals surface area contributed by atoms with Crippen molar-refractivity contribution in [3.63, 3.8) is 0 Å². The van der Waals surface area contributed by atoms with Gasteiger partial charge in [0.25, 0.3) is 0 Å². The highest BCUT2D eigenvalue weighted by atomic mass is 15.0. The molecule has 1 aromatic carbocycles. The number of nitrogens with zero attached hydrogens (tertiary/aromatic N) is 1. The maximum Gasteiger partial charge on any atom is 0.213 e. The molecule has 0 radical (unpaired) electrons. The van der Waals surface area contributed by atoms with Gasteiger partial charge in [0.2, 0.25) is 5.69 Å². The molecule has 7 rings (SSSR count). The highest BCUT2D eigenvalue weighted by Crippen LogP contribution is 2.50. The lowest BCUT2D eigenvalue weighted by Gasteiger charge is -2.41. The van der Waals surface area contributed by atoms with Gasteiger partial charge < -0.3 is 0 Å². The molecule has 0 amide bonds. The maximum absolute atomic E-state index is 2.54. The normalized spacial score (nSPS) is 26.5. The summed E-state index contributed by atoms with van der Waals surface area (Å²) in [5.74, 6) is 1.87. The van der Waals surface area contributed by atoms with E-state index in [0.717, 1.165) is 18.4 Å². The van der Waals surface area contributed by atoms with Crippen molar-refractivity contribution in [2.45, 2.75) is 57.4 Å². The van der Waals surface area contributed by atoms with E-state index in [0.29, 0.717) is 0 Å². The Hall–Kier alpha value is -1.63. The Morgan fingerprint density at radius 1 is 0.864 bits per heavy atom. The monoisotopic (exact) mass is 288 g/mol. The van der Waals surface area contributed by atoms with Gasteiger partial charge in [0, 0.05) is 17.2 Å². The van der Waals surface area contributed by atoms with Crippen molar-refractivity contribution in [2.24, 2.45) is 5.92 Å². The molecule has 1 heteroatoms. The Balaban J connectivity index is 1.53. The second-order valence-corrected chi connectivity index (χ2v) is 7.99. The van der Waals surface area contributed by atoms with Crippen molar-refractivity contribution in [1.29, 1.82) is 0 Å². The van der Waals surface area contributed by atoms with Crippen LogP contribution in [0.1, 0.15) is 59.4 Å². The first kappa shape index (κ1) is 11.9. The smallest absolute Gasteiger partial charge is 0.194 e. The molecule has 1 nitrogen and oxygen atoms in total. The third-order valence-electron chi connectivity index (χ3n) is 6.65. The van der Waals surface area contributed by atoms with E-state index in [-0.39, 0.29) is 0 Å². The van der Waals surface area contributed by atoms with Crippen LogP contribution in [-0.4, -0.2) is 0 Å². The molecule has 2 bridgehead atoms. The van der Waals surface area contributed by atoms with Crippen LogP contribution in [0, 0.1) is 5.92 Å². The van der Waals surface area contributed by atoms with Crippen molar-refractivity contribution >= 4 is 0 Å². The second-order valence-electron chi connectivity index (χ2n) is 7.99. The molecule has 0 unspecified atom stereocenters. The molecule has 4 aliphatic carbocycles. The third kappa shape index (κ3) is 1.47. The molecule has 1 aliphatic heterocycles. The van der Waals surface area contributed by atoms with Gasteiger partial charge in [-0.25, -0.2) is 0 Å². The van der Waals surface area contributed by atoms with Gasteiger partial charge in [-0.15, -0.1) is 0 Å². The Labute approximate surface area is 132 Å². The molecule has 0 saturated heterocycles. The summed E-state index contributed by atoms with van der Waals surface area (Å²) in [6.45, 7) is 1.10. The first-order chi connectivity index (χ1) is 10.8. The summed E-state index contributed by atoms with van der Waals surface area (Å²) in [6, 6.07) is 7.59. The number of pyridine rings is 1. The van der Waals surface area contributed by atoms with Gasteiger partial charge in [-0.05, 0) is 85.6 Å². The highest BCUT2D eigenvalue weighted by molar-refractivity contribution is 5.67. The highest BCUT2D eigenvalue weighted by Gasteiger charge is 2.40. The van der Waals surface area contributed by atoms with Crippen LogP contribution in [0.25, 0.3) is 11.3 Å². The van der Waals surface area contributed by atoms with Gasteiger partial charge in [0.05, 0.1) is 5.56 Å². The summed E-state index contributed by atoms with van der Waals surface area (Å²) in [6.07, 6.45) is 12.1. The van der Waals surface area contributed by atoms with Gasteiger partial charge in [-0.3, -0.25) is 0 Å². The van der Waals surface area contributed by atoms with E-state index in [9.17, 15) is 0 Å². The third-order valence-corrected chi connectivity index (χ3v) is 6.65. The number of aryl methyl sites for hydroxylation is 2. The largest absolute Gasteiger partial charge is 0.213 e. The van der Waals surface area contributed by atoms with Crippen molar-refractivity contribution in [3.05, 3.63) is 52.2 Å². The molecule has 1 saturated carbocycles. The van der Waals surface area contributed by atoms with Crippen LogP contribution in [0.5, 0.6) is 0 Å². The van der Waals surface area contributed by atoms with E-state index in [1.807, 2.05) is 0 Å². The maximum atomic E-state index is 2.54. The minimum absolute atomic E-state index is 0.878. The molecule has 1 fully saturated rings. The van der Waals surface area contributed by atoms with E-state index < -0.39 is 0 Å². The quantitative estimate of drug-likeness (QED) is 0.552. The Kier molecular flexibility index (Phi) is 2.16. The van der Waals surface area contributed by atoms with Crippen molar-refractivity contribution < 1.29 is 4.57 Å². The molecule has 5 aliphatic rings. The van der Waals surface area contributed by atoms with Gasteiger partial charge in [-0.1, -0.05) is 0 Å². The number of fused-ring (bicyclic) bond motifs is 4. The predicted octanol–water partition coefficient (Wildman–Crippen LogP) is 3.93. The van der Waals surface area contributed by atoms with Crippen LogP contribution >= 0.6 is 0 Å². The number of rotatable bonds is 0. The molecule has 0 atom stereocenters. The molecule has 1 aromatic heterocycles. The van der Waals surface area contributed by atoms with E-state index >= 15 is 0 Å². The zero-order chi connectivity index (χ0) is 14.3.